The van der Waals surface area contributed by atoms with E-state index in [1.165, 1.54) is 6.07 Å². The third-order valence-corrected chi connectivity index (χ3v) is 3.11. The van der Waals surface area contributed by atoms with Gasteiger partial charge in [0.05, 0.1) is 12.1 Å². The van der Waals surface area contributed by atoms with Gasteiger partial charge in [-0.1, -0.05) is 6.07 Å². The van der Waals surface area contributed by atoms with Gasteiger partial charge in [-0.3, -0.25) is 0 Å². The molecular weight excluding hydrogens is 221 g/mol. The summed E-state index contributed by atoms with van der Waals surface area (Å²) in [6, 6.07) is 4.99. The van der Waals surface area contributed by atoms with Crippen molar-refractivity contribution in [1.29, 1.82) is 0 Å². The standard InChI is InChI=1S/C12H14FN3O/c1-16-9-4-2-3-8(13)11(9)15-12(16)10-7-14-5-6-17-10/h2-4,10,14H,5-7H2,1H3. The van der Waals surface area contributed by atoms with E-state index in [1.54, 1.807) is 6.07 Å². The summed E-state index contributed by atoms with van der Waals surface area (Å²) in [6.45, 7) is 2.24. The number of para-hydroxylation sites is 1. The highest BCUT2D eigenvalue weighted by atomic mass is 19.1. The number of aryl methyl sites for hydroxylation is 1. The van der Waals surface area contributed by atoms with Gasteiger partial charge < -0.3 is 14.6 Å². The normalized spacial score (nSPS) is 20.9. The third-order valence-electron chi connectivity index (χ3n) is 3.11. The van der Waals surface area contributed by atoms with Crippen LogP contribution in [0.2, 0.25) is 0 Å². The highest BCUT2D eigenvalue weighted by molar-refractivity contribution is 5.76. The number of hydrogen-bond donors (Lipinski definition) is 1. The molecule has 3 rings (SSSR count). The molecule has 1 aromatic heterocycles. The quantitative estimate of drug-likeness (QED) is 0.811. The Morgan fingerprint density at radius 1 is 1.53 bits per heavy atom. The minimum atomic E-state index is -0.284. The van der Waals surface area contributed by atoms with Crippen LogP contribution in [0.15, 0.2) is 18.2 Å². The zero-order chi connectivity index (χ0) is 11.8. The Bertz CT molecular complexity index is 546. The number of benzene rings is 1. The van der Waals surface area contributed by atoms with Crippen molar-refractivity contribution in [3.05, 3.63) is 29.8 Å². The summed E-state index contributed by atoms with van der Waals surface area (Å²) in [5.41, 5.74) is 1.22. The van der Waals surface area contributed by atoms with Crippen LogP contribution in [0.1, 0.15) is 11.9 Å². The Morgan fingerprint density at radius 2 is 2.41 bits per heavy atom. The van der Waals surface area contributed by atoms with E-state index >= 15 is 0 Å². The lowest BCUT2D eigenvalue weighted by molar-refractivity contribution is 0.0208. The maximum atomic E-state index is 13.6. The smallest absolute Gasteiger partial charge is 0.151 e. The van der Waals surface area contributed by atoms with E-state index in [2.05, 4.69) is 10.3 Å². The molecule has 2 aromatic rings. The lowest BCUT2D eigenvalue weighted by atomic mass is 10.3. The van der Waals surface area contributed by atoms with Crippen molar-refractivity contribution < 1.29 is 9.13 Å². The summed E-state index contributed by atoms with van der Waals surface area (Å²) in [7, 11) is 1.89. The van der Waals surface area contributed by atoms with E-state index in [1.807, 2.05) is 17.7 Å². The number of hydrogen-bond acceptors (Lipinski definition) is 3. The van der Waals surface area contributed by atoms with Crippen molar-refractivity contribution in [2.45, 2.75) is 6.10 Å². The molecule has 0 amide bonds. The molecule has 90 valence electrons. The van der Waals surface area contributed by atoms with Gasteiger partial charge in [0, 0.05) is 20.1 Å². The molecule has 0 radical (unpaired) electrons. The number of nitrogens with one attached hydrogen (secondary N) is 1. The molecule has 1 aliphatic heterocycles. The van der Waals surface area contributed by atoms with Gasteiger partial charge in [0.15, 0.2) is 5.82 Å². The van der Waals surface area contributed by atoms with Crippen LogP contribution >= 0.6 is 0 Å². The van der Waals surface area contributed by atoms with E-state index in [0.717, 1.165) is 24.4 Å². The van der Waals surface area contributed by atoms with Gasteiger partial charge in [0.1, 0.15) is 17.4 Å². The number of aromatic nitrogens is 2. The topological polar surface area (TPSA) is 39.1 Å². The molecule has 1 unspecified atom stereocenters. The van der Waals surface area contributed by atoms with Crippen molar-refractivity contribution in [1.82, 2.24) is 14.9 Å². The summed E-state index contributed by atoms with van der Waals surface area (Å²) >= 11 is 0. The second kappa shape index (κ2) is 4.09. The molecule has 0 aliphatic carbocycles. The highest BCUT2D eigenvalue weighted by Gasteiger charge is 2.22. The van der Waals surface area contributed by atoms with E-state index in [-0.39, 0.29) is 11.9 Å². The van der Waals surface area contributed by atoms with Gasteiger partial charge in [0.2, 0.25) is 0 Å². The molecule has 1 N–H and O–H groups in total. The molecule has 0 bridgehead atoms. The molecule has 1 atom stereocenters. The maximum Gasteiger partial charge on any atom is 0.151 e. The van der Waals surface area contributed by atoms with Crippen LogP contribution in [-0.2, 0) is 11.8 Å². The van der Waals surface area contributed by atoms with Gasteiger partial charge in [-0.05, 0) is 12.1 Å². The van der Waals surface area contributed by atoms with Crippen molar-refractivity contribution in [3.8, 4) is 0 Å². The minimum absolute atomic E-state index is 0.0967. The summed E-state index contributed by atoms with van der Waals surface area (Å²) in [5, 5.41) is 3.25. The predicted molar refractivity (Wildman–Crippen MR) is 62.2 cm³/mol. The van der Waals surface area contributed by atoms with Crippen LogP contribution in [-0.4, -0.2) is 29.2 Å². The van der Waals surface area contributed by atoms with Crippen molar-refractivity contribution in [2.24, 2.45) is 7.05 Å². The number of imidazole rings is 1. The first-order chi connectivity index (χ1) is 8.27. The molecule has 4 nitrogen and oxygen atoms in total. The first-order valence-corrected chi connectivity index (χ1v) is 5.70. The van der Waals surface area contributed by atoms with E-state index in [9.17, 15) is 4.39 Å². The monoisotopic (exact) mass is 235 g/mol. The Kier molecular flexibility index (Phi) is 2.57. The predicted octanol–water partition coefficient (Wildman–Crippen LogP) is 1.37. The fourth-order valence-electron chi connectivity index (χ4n) is 2.22. The van der Waals surface area contributed by atoms with Crippen molar-refractivity contribution in [3.63, 3.8) is 0 Å². The molecule has 1 aromatic carbocycles. The fourth-order valence-corrected chi connectivity index (χ4v) is 2.22. The van der Waals surface area contributed by atoms with Crippen molar-refractivity contribution >= 4 is 11.0 Å². The minimum Gasteiger partial charge on any atom is -0.368 e. The summed E-state index contributed by atoms with van der Waals surface area (Å²) in [5.74, 6) is 0.491. The van der Waals surface area contributed by atoms with Crippen LogP contribution in [0.5, 0.6) is 0 Å². The Balaban J connectivity index is 2.10. The van der Waals surface area contributed by atoms with E-state index < -0.39 is 0 Å². The average Bonchev–Trinajstić information content (AvgIpc) is 2.70. The molecule has 17 heavy (non-hydrogen) atoms. The largest absolute Gasteiger partial charge is 0.368 e. The molecule has 2 heterocycles. The molecule has 0 saturated carbocycles. The summed E-state index contributed by atoms with van der Waals surface area (Å²) in [4.78, 5) is 4.36. The fraction of sp³-hybridized carbons (Fsp3) is 0.417. The van der Waals surface area contributed by atoms with Crippen LogP contribution in [0.25, 0.3) is 11.0 Å². The van der Waals surface area contributed by atoms with Gasteiger partial charge >= 0.3 is 0 Å². The number of rotatable bonds is 1. The zero-order valence-electron chi connectivity index (χ0n) is 9.61. The molecule has 1 fully saturated rings. The molecule has 0 spiro atoms. The Labute approximate surface area is 98.4 Å². The Hall–Kier alpha value is -1.46. The Morgan fingerprint density at radius 3 is 3.12 bits per heavy atom. The summed E-state index contributed by atoms with van der Waals surface area (Å²) in [6.07, 6.45) is -0.0967. The molecule has 1 saturated heterocycles. The number of halogens is 1. The summed E-state index contributed by atoms with van der Waals surface area (Å²) < 4.78 is 21.2. The van der Waals surface area contributed by atoms with Gasteiger partial charge in [-0.25, -0.2) is 9.37 Å². The van der Waals surface area contributed by atoms with Gasteiger partial charge in [0.25, 0.3) is 0 Å². The van der Waals surface area contributed by atoms with Crippen LogP contribution in [0.3, 0.4) is 0 Å². The third kappa shape index (κ3) is 1.71. The van der Waals surface area contributed by atoms with Crippen LogP contribution in [0.4, 0.5) is 4.39 Å². The van der Waals surface area contributed by atoms with Crippen molar-refractivity contribution in [2.75, 3.05) is 19.7 Å². The number of morpholine rings is 1. The van der Waals surface area contributed by atoms with E-state index in [0.29, 0.717) is 12.1 Å². The van der Waals surface area contributed by atoms with Crippen LogP contribution in [0, 0.1) is 5.82 Å². The number of ether oxygens (including phenoxy) is 1. The van der Waals surface area contributed by atoms with Gasteiger partial charge in [-0.2, -0.15) is 0 Å². The first-order valence-electron chi connectivity index (χ1n) is 5.70. The van der Waals surface area contributed by atoms with E-state index in [4.69, 9.17) is 4.74 Å². The number of nitrogens with zero attached hydrogens (tertiary/aromatic N) is 2. The first kappa shape index (κ1) is 10.7. The molecule has 5 heteroatoms. The zero-order valence-corrected chi connectivity index (χ0v) is 9.61. The van der Waals surface area contributed by atoms with Crippen LogP contribution < -0.4 is 5.32 Å². The SMILES string of the molecule is Cn1c(C2CNCCO2)nc2c(F)cccc21. The molecule has 1 aliphatic rings. The lowest BCUT2D eigenvalue weighted by Gasteiger charge is -2.23. The lowest BCUT2D eigenvalue weighted by Crippen LogP contribution is -2.34. The van der Waals surface area contributed by atoms with Gasteiger partial charge in [-0.15, -0.1) is 0 Å². The second-order valence-electron chi connectivity index (χ2n) is 4.20. The average molecular weight is 235 g/mol. The second-order valence-corrected chi connectivity index (χ2v) is 4.20. The maximum absolute atomic E-state index is 13.6. The highest BCUT2D eigenvalue weighted by Crippen LogP contribution is 2.24. The molecular formula is C12H14FN3O. The number of fused-ring (bicyclic) bond motifs is 1.